The molecule has 3 N–H and O–H groups in total. The molecule has 9 atom stereocenters. The lowest BCUT2D eigenvalue weighted by Gasteiger charge is -2.53. The fourth-order valence-corrected chi connectivity index (χ4v) is 8.70. The fraction of sp³-hybridized carbons (Fsp3) is 0.800. The molecule has 0 aromatic carbocycles. The van der Waals surface area contributed by atoms with Crippen molar-refractivity contribution in [2.45, 2.75) is 136 Å². The summed E-state index contributed by atoms with van der Waals surface area (Å²) in [6.07, 6.45) is 10.6. The zero-order chi connectivity index (χ0) is 32.0. The molecule has 0 radical (unpaired) electrons. The zero-order valence-corrected chi connectivity index (χ0v) is 27.3. The second-order valence-corrected chi connectivity index (χ2v) is 14.4. The van der Waals surface area contributed by atoms with Gasteiger partial charge in [0.15, 0.2) is 11.4 Å². The number of Topliss-reactive ketones (excluding diaryl/α,β-unsaturated/α-hetero) is 1. The van der Waals surface area contributed by atoms with Crippen LogP contribution in [0.4, 0.5) is 0 Å². The van der Waals surface area contributed by atoms with Crippen LogP contribution in [0.1, 0.15) is 113 Å². The Bertz CT molecular complexity index is 1150. The van der Waals surface area contributed by atoms with Gasteiger partial charge in [-0.05, 0) is 30.9 Å². The Kier molecular flexibility index (Phi) is 9.76. The largest absolute Gasteiger partial charge is 0.457 e. The number of hydrogen-bond donors (Lipinski definition) is 3. The number of aliphatic hydroxyl groups excluding tert-OH is 1. The second kappa shape index (κ2) is 12.4. The highest BCUT2D eigenvalue weighted by atomic mass is 16.6. The van der Waals surface area contributed by atoms with Gasteiger partial charge >= 0.3 is 11.9 Å². The summed E-state index contributed by atoms with van der Waals surface area (Å²) >= 11 is 0. The first-order valence-electron chi connectivity index (χ1n) is 16.6. The Labute approximate surface area is 257 Å². The monoisotopic (exact) mass is 602 g/mol. The first kappa shape index (κ1) is 33.9. The summed E-state index contributed by atoms with van der Waals surface area (Å²) in [6.45, 7) is 12.8. The van der Waals surface area contributed by atoms with Crippen LogP contribution in [0, 0.1) is 35.0 Å². The van der Waals surface area contributed by atoms with E-state index in [1.54, 1.807) is 32.9 Å². The first-order valence-corrected chi connectivity index (χ1v) is 16.6. The van der Waals surface area contributed by atoms with Gasteiger partial charge in [0.2, 0.25) is 0 Å². The highest BCUT2D eigenvalue weighted by Gasteiger charge is 2.88. The molecule has 0 aliphatic heterocycles. The van der Waals surface area contributed by atoms with Crippen LogP contribution in [0.3, 0.4) is 0 Å². The number of rotatable bonds is 13. The van der Waals surface area contributed by atoms with E-state index in [2.05, 4.69) is 6.92 Å². The minimum Gasteiger partial charge on any atom is -0.457 e. The molecule has 4 aliphatic carbocycles. The number of carbonyl (C=O) groups excluding carboxylic acids is 3. The topological polar surface area (TPSA) is 130 Å². The van der Waals surface area contributed by atoms with Crippen LogP contribution in [0.15, 0.2) is 23.3 Å². The standard InChI is InChI=1S/C35H54O8/c1-8-10-11-12-13-14-15-16-27(37)43-35-28(32(35,6)7)25-18-24(20-36)19-33(40)26(17-22(4)29(33)38)34(25,41)23(5)30(35)42-31(39)21(3)9-2/h17-18,21,23,25-26,28,30,36,40-41H,8-16,19-20H2,1-7H3/t21-,23+,25-,26+,28+,30+,33+,34+,35+/m0/s1. The number of aliphatic hydroxyl groups is 3. The van der Waals surface area contributed by atoms with E-state index in [9.17, 15) is 29.7 Å². The van der Waals surface area contributed by atoms with Crippen molar-refractivity contribution in [1.29, 1.82) is 0 Å². The third-order valence-corrected chi connectivity index (χ3v) is 11.5. The molecule has 0 aromatic heterocycles. The number of carbonyl (C=O) groups is 3. The number of esters is 2. The molecule has 0 unspecified atom stereocenters. The predicted octanol–water partition coefficient (Wildman–Crippen LogP) is 5.22. The molecule has 0 heterocycles. The van der Waals surface area contributed by atoms with Crippen LogP contribution in [-0.4, -0.2) is 62.6 Å². The maximum Gasteiger partial charge on any atom is 0.309 e. The molecule has 8 nitrogen and oxygen atoms in total. The Balaban J connectivity index is 1.72. The molecular weight excluding hydrogens is 548 g/mol. The smallest absolute Gasteiger partial charge is 0.309 e. The molecule has 0 amide bonds. The van der Waals surface area contributed by atoms with Crippen LogP contribution < -0.4 is 0 Å². The van der Waals surface area contributed by atoms with Crippen molar-refractivity contribution >= 4 is 17.7 Å². The van der Waals surface area contributed by atoms with Crippen LogP contribution in [0.2, 0.25) is 0 Å². The molecule has 4 aliphatic rings. The molecule has 0 aromatic rings. The number of unbranched alkanes of at least 4 members (excludes halogenated alkanes) is 6. The van der Waals surface area contributed by atoms with Gasteiger partial charge in [0.1, 0.15) is 11.7 Å². The molecular formula is C35H54O8. The van der Waals surface area contributed by atoms with Gasteiger partial charge in [-0.15, -0.1) is 0 Å². The summed E-state index contributed by atoms with van der Waals surface area (Å²) in [4.78, 5) is 40.1. The van der Waals surface area contributed by atoms with E-state index in [-0.39, 0.29) is 25.4 Å². The average molecular weight is 603 g/mol. The van der Waals surface area contributed by atoms with Gasteiger partial charge in [-0.25, -0.2) is 0 Å². The van der Waals surface area contributed by atoms with Crippen molar-refractivity contribution in [1.82, 2.24) is 0 Å². The Morgan fingerprint density at radius 3 is 2.28 bits per heavy atom. The quantitative estimate of drug-likeness (QED) is 0.149. The van der Waals surface area contributed by atoms with Gasteiger partial charge in [0, 0.05) is 41.9 Å². The van der Waals surface area contributed by atoms with Gasteiger partial charge in [0.25, 0.3) is 0 Å². The zero-order valence-electron chi connectivity index (χ0n) is 27.3. The lowest BCUT2D eigenvalue weighted by atomic mass is 9.59. The lowest BCUT2D eigenvalue weighted by molar-refractivity contribution is -0.230. The summed E-state index contributed by atoms with van der Waals surface area (Å²) in [6, 6.07) is 0. The van der Waals surface area contributed by atoms with Crippen LogP contribution in [-0.2, 0) is 23.9 Å². The molecule has 0 saturated heterocycles. The molecule has 2 saturated carbocycles. The Morgan fingerprint density at radius 1 is 1.05 bits per heavy atom. The van der Waals surface area contributed by atoms with Gasteiger partial charge in [-0.2, -0.15) is 0 Å². The van der Waals surface area contributed by atoms with E-state index in [0.29, 0.717) is 24.0 Å². The number of hydrogen-bond acceptors (Lipinski definition) is 8. The van der Waals surface area contributed by atoms with Crippen LogP contribution >= 0.6 is 0 Å². The summed E-state index contributed by atoms with van der Waals surface area (Å²) in [5, 5.41) is 35.0. The molecule has 242 valence electrons. The molecule has 2 fully saturated rings. The van der Waals surface area contributed by atoms with Crippen molar-refractivity contribution in [2.24, 2.45) is 35.0 Å². The second-order valence-electron chi connectivity index (χ2n) is 14.4. The summed E-state index contributed by atoms with van der Waals surface area (Å²) < 4.78 is 12.7. The van der Waals surface area contributed by atoms with E-state index >= 15 is 0 Å². The van der Waals surface area contributed by atoms with Gasteiger partial charge in [-0.1, -0.05) is 92.2 Å². The van der Waals surface area contributed by atoms with Crippen LogP contribution in [0.5, 0.6) is 0 Å². The fourth-order valence-electron chi connectivity index (χ4n) is 8.70. The average Bonchev–Trinajstić information content (AvgIpc) is 3.39. The number of ether oxygens (including phenoxy) is 2. The molecule has 0 spiro atoms. The summed E-state index contributed by atoms with van der Waals surface area (Å²) in [5.74, 6) is -4.60. The van der Waals surface area contributed by atoms with E-state index in [0.717, 1.165) is 19.3 Å². The first-order chi connectivity index (χ1) is 20.2. The van der Waals surface area contributed by atoms with E-state index in [4.69, 9.17) is 9.47 Å². The van der Waals surface area contributed by atoms with Crippen molar-refractivity contribution in [3.05, 3.63) is 23.3 Å². The van der Waals surface area contributed by atoms with Crippen molar-refractivity contribution in [2.75, 3.05) is 6.61 Å². The Morgan fingerprint density at radius 2 is 1.67 bits per heavy atom. The van der Waals surface area contributed by atoms with Gasteiger partial charge in [-0.3, -0.25) is 14.4 Å². The highest BCUT2D eigenvalue weighted by molar-refractivity contribution is 6.04. The summed E-state index contributed by atoms with van der Waals surface area (Å²) in [5.41, 5.74) is -4.75. The maximum absolute atomic E-state index is 13.5. The van der Waals surface area contributed by atoms with Crippen molar-refractivity contribution < 1.29 is 39.2 Å². The van der Waals surface area contributed by atoms with Gasteiger partial charge < -0.3 is 24.8 Å². The Hall–Kier alpha value is -2.03. The van der Waals surface area contributed by atoms with Crippen molar-refractivity contribution in [3.8, 4) is 0 Å². The third kappa shape index (κ3) is 5.33. The number of ketones is 1. The molecule has 8 heteroatoms. The molecule has 43 heavy (non-hydrogen) atoms. The van der Waals surface area contributed by atoms with Gasteiger partial charge in [0.05, 0.1) is 18.1 Å². The van der Waals surface area contributed by atoms with Crippen molar-refractivity contribution in [3.63, 3.8) is 0 Å². The number of fused-ring (bicyclic) bond motifs is 5. The highest BCUT2D eigenvalue weighted by Crippen LogP contribution is 2.77. The van der Waals surface area contributed by atoms with E-state index in [1.165, 1.54) is 19.3 Å². The normalized spacial score (nSPS) is 38.1. The minimum atomic E-state index is -1.94. The van der Waals surface area contributed by atoms with Crippen LogP contribution in [0.25, 0.3) is 0 Å². The SMILES string of the molecule is CCCCCCCCCC(=O)O[C@@]12[C@H](OC(=O)[C@@H](C)CC)[C@@H](C)[C@@]3(O)[C@@H](C=C(CO)C[C@]4(O)C(=O)C(C)=C[C@@H]34)[C@@H]1C2(C)C. The maximum atomic E-state index is 13.5. The predicted molar refractivity (Wildman–Crippen MR) is 163 cm³/mol. The van der Waals surface area contributed by atoms with E-state index < -0.39 is 69.7 Å². The lowest BCUT2D eigenvalue weighted by Crippen LogP contribution is -2.66. The minimum absolute atomic E-state index is 0.109. The molecule has 4 rings (SSSR count). The summed E-state index contributed by atoms with van der Waals surface area (Å²) in [7, 11) is 0. The molecule has 0 bridgehead atoms. The third-order valence-electron chi connectivity index (χ3n) is 11.5. The van der Waals surface area contributed by atoms with E-state index in [1.807, 2.05) is 20.8 Å².